The molecule has 28 heavy (non-hydrogen) atoms. The fourth-order valence-electron chi connectivity index (χ4n) is 3.67. The molecule has 0 unspecified atom stereocenters. The van der Waals surface area contributed by atoms with Crippen LogP contribution in [-0.4, -0.2) is 38.7 Å². The lowest BCUT2D eigenvalue weighted by Crippen LogP contribution is -2.57. The number of hydrogen-bond acceptors (Lipinski definition) is 4. The van der Waals surface area contributed by atoms with Gasteiger partial charge in [-0.25, -0.2) is 4.79 Å². The Bertz CT molecular complexity index is 1000. The molecule has 1 aliphatic heterocycles. The SMILES string of the molecule is N#CC1(NC(=O)N2CCn3nc(-c4cccc(Cl)c4)c(C(N)=O)c3C2)CCC1. The second-order valence-corrected chi connectivity index (χ2v) is 7.60. The Morgan fingerprint density at radius 2 is 2.11 bits per heavy atom. The number of hydrogen-bond donors (Lipinski definition) is 2. The van der Waals surface area contributed by atoms with Crippen molar-refractivity contribution in [1.29, 1.82) is 5.26 Å². The molecule has 0 spiro atoms. The molecule has 2 aliphatic rings. The first-order valence-electron chi connectivity index (χ1n) is 9.06. The third kappa shape index (κ3) is 3.08. The maximum absolute atomic E-state index is 12.7. The van der Waals surface area contributed by atoms with E-state index in [0.717, 1.165) is 6.42 Å². The van der Waals surface area contributed by atoms with Gasteiger partial charge < -0.3 is 16.0 Å². The van der Waals surface area contributed by atoms with Gasteiger partial charge in [0.05, 0.1) is 30.4 Å². The number of nitrogens with one attached hydrogen (secondary N) is 1. The van der Waals surface area contributed by atoms with E-state index in [1.54, 1.807) is 27.8 Å². The molecule has 1 aromatic heterocycles. The summed E-state index contributed by atoms with van der Waals surface area (Å²) >= 11 is 6.07. The van der Waals surface area contributed by atoms with Gasteiger partial charge in [0.1, 0.15) is 11.2 Å². The summed E-state index contributed by atoms with van der Waals surface area (Å²) < 4.78 is 1.71. The van der Waals surface area contributed by atoms with E-state index in [2.05, 4.69) is 16.5 Å². The van der Waals surface area contributed by atoms with Crippen LogP contribution in [0, 0.1) is 11.3 Å². The van der Waals surface area contributed by atoms with Gasteiger partial charge in [0.15, 0.2) is 0 Å². The van der Waals surface area contributed by atoms with Crippen molar-refractivity contribution >= 4 is 23.5 Å². The molecule has 144 valence electrons. The van der Waals surface area contributed by atoms with E-state index in [-0.39, 0.29) is 12.6 Å². The molecule has 8 nitrogen and oxygen atoms in total. The molecule has 1 aliphatic carbocycles. The standard InChI is InChI=1S/C19H19ClN6O2/c20-13-4-1-3-12(9-13)16-15(17(22)27)14-10-25(7-8-26(14)24-16)18(28)23-19(11-21)5-2-6-19/h1,3-4,9H,2,5-8,10H2,(H2,22,27)(H,23,28). The highest BCUT2D eigenvalue weighted by molar-refractivity contribution is 6.30. The van der Waals surface area contributed by atoms with Crippen LogP contribution in [0.5, 0.6) is 0 Å². The van der Waals surface area contributed by atoms with Gasteiger partial charge in [-0.3, -0.25) is 9.48 Å². The second kappa shape index (κ2) is 6.84. The Balaban J connectivity index is 1.64. The Morgan fingerprint density at radius 3 is 2.71 bits per heavy atom. The van der Waals surface area contributed by atoms with Gasteiger partial charge >= 0.3 is 6.03 Å². The van der Waals surface area contributed by atoms with Crippen LogP contribution >= 0.6 is 11.6 Å². The Hall–Kier alpha value is -3.05. The van der Waals surface area contributed by atoms with Gasteiger partial charge in [-0.05, 0) is 31.4 Å². The van der Waals surface area contributed by atoms with E-state index in [9.17, 15) is 14.9 Å². The average molecular weight is 399 g/mol. The van der Waals surface area contributed by atoms with Gasteiger partial charge in [0.2, 0.25) is 0 Å². The summed E-state index contributed by atoms with van der Waals surface area (Å²) in [4.78, 5) is 26.5. The molecular formula is C19H19ClN6O2. The molecule has 1 fully saturated rings. The predicted octanol–water partition coefficient (Wildman–Crippen LogP) is 2.27. The van der Waals surface area contributed by atoms with Crippen molar-refractivity contribution in [2.75, 3.05) is 6.54 Å². The fourth-order valence-corrected chi connectivity index (χ4v) is 3.86. The van der Waals surface area contributed by atoms with E-state index >= 15 is 0 Å². The van der Waals surface area contributed by atoms with E-state index in [1.807, 2.05) is 6.07 Å². The van der Waals surface area contributed by atoms with E-state index < -0.39 is 11.4 Å². The van der Waals surface area contributed by atoms with E-state index in [1.165, 1.54) is 0 Å². The third-order valence-corrected chi connectivity index (χ3v) is 5.61. The predicted molar refractivity (Wildman–Crippen MR) is 102 cm³/mol. The molecule has 2 heterocycles. The summed E-state index contributed by atoms with van der Waals surface area (Å²) in [6.07, 6.45) is 2.24. The summed E-state index contributed by atoms with van der Waals surface area (Å²) in [6, 6.07) is 8.94. The average Bonchev–Trinajstić information content (AvgIpc) is 3.03. The number of carbonyl (C=O) groups excluding carboxylic acids is 2. The number of urea groups is 1. The number of nitriles is 1. The molecule has 1 aromatic carbocycles. The lowest BCUT2D eigenvalue weighted by molar-refractivity contribution is 0.0996. The normalized spacial score (nSPS) is 17.2. The topological polar surface area (TPSA) is 117 Å². The molecule has 0 saturated heterocycles. The molecule has 1 saturated carbocycles. The number of nitrogens with zero attached hydrogens (tertiary/aromatic N) is 4. The number of carbonyl (C=O) groups is 2. The number of amides is 3. The van der Waals surface area contributed by atoms with Crippen LogP contribution < -0.4 is 11.1 Å². The summed E-state index contributed by atoms with van der Waals surface area (Å²) in [7, 11) is 0. The largest absolute Gasteiger partial charge is 0.365 e. The molecule has 0 radical (unpaired) electrons. The first-order valence-corrected chi connectivity index (χ1v) is 9.44. The number of halogens is 1. The first-order chi connectivity index (χ1) is 13.4. The lowest BCUT2D eigenvalue weighted by Gasteiger charge is -2.38. The monoisotopic (exact) mass is 398 g/mol. The molecule has 0 bridgehead atoms. The molecule has 0 atom stereocenters. The number of aromatic nitrogens is 2. The van der Waals surface area contributed by atoms with Crippen LogP contribution in [0.1, 0.15) is 35.3 Å². The van der Waals surface area contributed by atoms with Crippen molar-refractivity contribution in [2.24, 2.45) is 5.73 Å². The maximum Gasteiger partial charge on any atom is 0.319 e. The van der Waals surface area contributed by atoms with Crippen molar-refractivity contribution in [3.05, 3.63) is 40.5 Å². The van der Waals surface area contributed by atoms with E-state index in [4.69, 9.17) is 17.3 Å². The summed E-state index contributed by atoms with van der Waals surface area (Å²) in [5.74, 6) is -0.606. The Labute approximate surface area is 166 Å². The number of nitrogens with two attached hydrogens (primary N) is 1. The van der Waals surface area contributed by atoms with Crippen LogP contribution in [0.15, 0.2) is 24.3 Å². The van der Waals surface area contributed by atoms with Crippen LogP contribution in [0.3, 0.4) is 0 Å². The Kier molecular flexibility index (Phi) is 4.47. The molecule has 4 rings (SSSR count). The van der Waals surface area contributed by atoms with E-state index in [0.29, 0.717) is 53.5 Å². The number of fused-ring (bicyclic) bond motifs is 1. The van der Waals surface area contributed by atoms with Gasteiger partial charge in [-0.1, -0.05) is 23.7 Å². The van der Waals surface area contributed by atoms with Crippen molar-refractivity contribution in [3.63, 3.8) is 0 Å². The summed E-state index contributed by atoms with van der Waals surface area (Å²) in [5.41, 5.74) is 6.90. The zero-order valence-corrected chi connectivity index (χ0v) is 15.9. The molecular weight excluding hydrogens is 380 g/mol. The zero-order chi connectivity index (χ0) is 19.9. The van der Waals surface area contributed by atoms with Crippen LogP contribution in [0.4, 0.5) is 4.79 Å². The van der Waals surface area contributed by atoms with Gasteiger partial charge in [0.25, 0.3) is 5.91 Å². The number of primary amides is 1. The molecule has 3 amide bonds. The second-order valence-electron chi connectivity index (χ2n) is 7.17. The smallest absolute Gasteiger partial charge is 0.319 e. The minimum absolute atomic E-state index is 0.194. The highest BCUT2D eigenvalue weighted by Gasteiger charge is 2.40. The number of benzene rings is 1. The molecule has 9 heteroatoms. The van der Waals surface area contributed by atoms with Crippen LogP contribution in [-0.2, 0) is 13.1 Å². The minimum atomic E-state index is -0.771. The lowest BCUT2D eigenvalue weighted by atomic mass is 9.78. The zero-order valence-electron chi connectivity index (χ0n) is 15.1. The van der Waals surface area contributed by atoms with Gasteiger partial charge in [-0.2, -0.15) is 10.4 Å². The summed E-state index contributed by atoms with van der Waals surface area (Å²) in [6.45, 7) is 1.05. The highest BCUT2D eigenvalue weighted by atomic mass is 35.5. The number of rotatable bonds is 3. The Morgan fingerprint density at radius 1 is 1.32 bits per heavy atom. The van der Waals surface area contributed by atoms with Gasteiger partial charge in [0, 0.05) is 17.1 Å². The maximum atomic E-state index is 12.7. The molecule has 2 aromatic rings. The third-order valence-electron chi connectivity index (χ3n) is 5.38. The van der Waals surface area contributed by atoms with Crippen molar-refractivity contribution in [1.82, 2.24) is 20.0 Å². The molecule has 3 N–H and O–H groups in total. The van der Waals surface area contributed by atoms with Crippen molar-refractivity contribution in [3.8, 4) is 17.3 Å². The quantitative estimate of drug-likeness (QED) is 0.824. The van der Waals surface area contributed by atoms with Crippen LogP contribution in [0.25, 0.3) is 11.3 Å². The summed E-state index contributed by atoms with van der Waals surface area (Å²) in [5, 5.41) is 17.2. The highest BCUT2D eigenvalue weighted by Crippen LogP contribution is 2.32. The fraction of sp³-hybridized carbons (Fsp3) is 0.368. The minimum Gasteiger partial charge on any atom is -0.365 e. The van der Waals surface area contributed by atoms with Crippen molar-refractivity contribution in [2.45, 2.75) is 37.9 Å². The van der Waals surface area contributed by atoms with Crippen molar-refractivity contribution < 1.29 is 9.59 Å². The van der Waals surface area contributed by atoms with Gasteiger partial charge in [-0.15, -0.1) is 0 Å². The first kappa shape index (κ1) is 18.3. The van der Waals surface area contributed by atoms with Crippen LogP contribution in [0.2, 0.25) is 5.02 Å².